The Morgan fingerprint density at radius 3 is 2.88 bits per heavy atom. The minimum absolute atomic E-state index is 0.708. The van der Waals surface area contributed by atoms with Gasteiger partial charge in [0, 0.05) is 23.7 Å². The van der Waals surface area contributed by atoms with Crippen molar-refractivity contribution in [1.82, 2.24) is 10.3 Å². The van der Waals surface area contributed by atoms with Crippen LogP contribution in [0.4, 0.5) is 0 Å². The Hall–Kier alpha value is -0.410. The van der Waals surface area contributed by atoms with E-state index in [2.05, 4.69) is 24.1 Å². The van der Waals surface area contributed by atoms with Crippen LogP contribution < -0.4 is 5.32 Å². The van der Waals surface area contributed by atoms with Crippen molar-refractivity contribution >= 4 is 11.3 Å². The molecular formula is C13H22N2S. The van der Waals surface area contributed by atoms with Gasteiger partial charge >= 0.3 is 0 Å². The third-order valence-electron chi connectivity index (χ3n) is 3.28. The van der Waals surface area contributed by atoms with Gasteiger partial charge in [-0.3, -0.25) is 0 Å². The molecule has 1 saturated carbocycles. The average Bonchev–Trinajstić information content (AvgIpc) is 3.00. The predicted molar refractivity (Wildman–Crippen MR) is 69.8 cm³/mol. The second kappa shape index (κ2) is 5.78. The summed E-state index contributed by atoms with van der Waals surface area (Å²) in [6.45, 7) is 5.45. The largest absolute Gasteiger partial charge is 0.309 e. The lowest BCUT2D eigenvalue weighted by atomic mass is 10.1. The number of aromatic nitrogens is 1. The Morgan fingerprint density at radius 1 is 1.50 bits per heavy atom. The number of hydrogen-bond donors (Lipinski definition) is 1. The van der Waals surface area contributed by atoms with Crippen LogP contribution in [0.1, 0.15) is 49.4 Å². The molecule has 0 radical (unpaired) electrons. The Kier molecular flexibility index (Phi) is 4.36. The van der Waals surface area contributed by atoms with Gasteiger partial charge in [-0.2, -0.15) is 0 Å². The topological polar surface area (TPSA) is 24.9 Å². The second-order valence-corrected chi connectivity index (χ2v) is 5.94. The van der Waals surface area contributed by atoms with Crippen molar-refractivity contribution in [1.29, 1.82) is 0 Å². The zero-order valence-electron chi connectivity index (χ0n) is 10.3. The molecule has 1 fully saturated rings. The molecule has 2 nitrogen and oxygen atoms in total. The van der Waals surface area contributed by atoms with Gasteiger partial charge < -0.3 is 5.32 Å². The maximum absolute atomic E-state index is 4.39. The van der Waals surface area contributed by atoms with Gasteiger partial charge in [0.25, 0.3) is 0 Å². The monoisotopic (exact) mass is 238 g/mol. The van der Waals surface area contributed by atoms with Crippen molar-refractivity contribution in [2.75, 3.05) is 0 Å². The number of nitrogens with zero attached hydrogens (tertiary/aromatic N) is 1. The van der Waals surface area contributed by atoms with Gasteiger partial charge in [0.2, 0.25) is 0 Å². The lowest BCUT2D eigenvalue weighted by Gasteiger charge is -2.15. The molecule has 1 heterocycles. The summed E-state index contributed by atoms with van der Waals surface area (Å²) in [4.78, 5) is 5.77. The summed E-state index contributed by atoms with van der Waals surface area (Å²) in [5.74, 6) is 1.02. The van der Waals surface area contributed by atoms with Crippen LogP contribution >= 0.6 is 11.3 Å². The fraction of sp³-hybridized carbons (Fsp3) is 0.769. The average molecular weight is 238 g/mol. The molecule has 1 aromatic rings. The number of aryl methyl sites for hydroxylation is 1. The molecule has 1 atom stereocenters. The summed E-state index contributed by atoms with van der Waals surface area (Å²) < 4.78 is 0. The number of rotatable bonds is 7. The second-order valence-electron chi connectivity index (χ2n) is 4.74. The van der Waals surface area contributed by atoms with Crippen molar-refractivity contribution in [2.24, 2.45) is 5.92 Å². The van der Waals surface area contributed by atoms with Gasteiger partial charge in [0.15, 0.2) is 0 Å². The zero-order chi connectivity index (χ0) is 11.4. The van der Waals surface area contributed by atoms with Gasteiger partial charge in [-0.25, -0.2) is 4.98 Å². The van der Waals surface area contributed by atoms with E-state index in [0.717, 1.165) is 18.9 Å². The number of nitrogens with one attached hydrogen (secondary N) is 1. The van der Waals surface area contributed by atoms with E-state index in [-0.39, 0.29) is 0 Å². The lowest BCUT2D eigenvalue weighted by Crippen LogP contribution is -2.28. The maximum Gasteiger partial charge on any atom is 0.0925 e. The Balaban J connectivity index is 1.75. The first-order chi connectivity index (χ1) is 7.81. The standard InChI is InChI=1S/C13H22N2S/c1-3-11(7-10-5-6-10)14-8-12-9-15-13(4-2)16-12/h9-11,14H,3-8H2,1-2H3. The third kappa shape index (κ3) is 3.56. The highest BCUT2D eigenvalue weighted by atomic mass is 32.1. The molecule has 1 unspecified atom stereocenters. The van der Waals surface area contributed by atoms with Crippen LogP contribution in [0.25, 0.3) is 0 Å². The minimum Gasteiger partial charge on any atom is -0.309 e. The highest BCUT2D eigenvalue weighted by molar-refractivity contribution is 7.11. The van der Waals surface area contributed by atoms with Crippen LogP contribution in [0.2, 0.25) is 0 Å². The molecule has 0 amide bonds. The molecule has 0 spiro atoms. The normalized spacial score (nSPS) is 17.6. The molecule has 0 aliphatic heterocycles. The summed E-state index contributed by atoms with van der Waals surface area (Å²) in [5.41, 5.74) is 0. The van der Waals surface area contributed by atoms with E-state index >= 15 is 0 Å². The van der Waals surface area contributed by atoms with Crippen LogP contribution in [0.15, 0.2) is 6.20 Å². The van der Waals surface area contributed by atoms with Crippen LogP contribution in [0.5, 0.6) is 0 Å². The predicted octanol–water partition coefficient (Wildman–Crippen LogP) is 3.37. The first kappa shape index (κ1) is 12.1. The number of hydrogen-bond acceptors (Lipinski definition) is 3. The smallest absolute Gasteiger partial charge is 0.0925 e. The minimum atomic E-state index is 0.708. The lowest BCUT2D eigenvalue weighted by molar-refractivity contribution is 0.446. The molecule has 0 saturated heterocycles. The van der Waals surface area contributed by atoms with E-state index in [0.29, 0.717) is 6.04 Å². The molecule has 16 heavy (non-hydrogen) atoms. The summed E-state index contributed by atoms with van der Waals surface area (Å²) in [7, 11) is 0. The van der Waals surface area contributed by atoms with E-state index in [9.17, 15) is 0 Å². The Labute approximate surface area is 102 Å². The first-order valence-electron chi connectivity index (χ1n) is 6.48. The van der Waals surface area contributed by atoms with Crippen molar-refractivity contribution in [3.63, 3.8) is 0 Å². The van der Waals surface area contributed by atoms with Gasteiger partial charge in [-0.15, -0.1) is 11.3 Å². The Morgan fingerprint density at radius 2 is 2.31 bits per heavy atom. The molecule has 1 aromatic heterocycles. The fourth-order valence-electron chi connectivity index (χ4n) is 1.99. The molecule has 1 aliphatic rings. The first-order valence-corrected chi connectivity index (χ1v) is 7.30. The van der Waals surface area contributed by atoms with Crippen LogP contribution in [0.3, 0.4) is 0 Å². The van der Waals surface area contributed by atoms with E-state index in [1.165, 1.54) is 35.6 Å². The summed E-state index contributed by atoms with van der Waals surface area (Å²) >= 11 is 1.85. The van der Waals surface area contributed by atoms with Crippen molar-refractivity contribution < 1.29 is 0 Å². The van der Waals surface area contributed by atoms with Crippen molar-refractivity contribution in [2.45, 2.75) is 58.5 Å². The van der Waals surface area contributed by atoms with Gasteiger partial charge in [-0.05, 0) is 25.2 Å². The van der Waals surface area contributed by atoms with Crippen LogP contribution in [-0.2, 0) is 13.0 Å². The van der Waals surface area contributed by atoms with E-state index in [1.54, 1.807) is 0 Å². The third-order valence-corrected chi connectivity index (χ3v) is 4.42. The SMILES string of the molecule is CCc1ncc(CNC(CC)CC2CC2)s1. The summed E-state index contributed by atoms with van der Waals surface area (Å²) in [6, 6.07) is 0.708. The van der Waals surface area contributed by atoms with Crippen LogP contribution in [0, 0.1) is 5.92 Å². The highest BCUT2D eigenvalue weighted by Gasteiger charge is 2.24. The molecule has 1 aliphatic carbocycles. The summed E-state index contributed by atoms with van der Waals surface area (Å²) in [5, 5.41) is 4.92. The molecule has 0 aromatic carbocycles. The van der Waals surface area contributed by atoms with Crippen molar-refractivity contribution in [3.8, 4) is 0 Å². The van der Waals surface area contributed by atoms with Crippen LogP contribution in [-0.4, -0.2) is 11.0 Å². The quantitative estimate of drug-likeness (QED) is 0.788. The molecular weight excluding hydrogens is 216 g/mol. The molecule has 2 rings (SSSR count). The van der Waals surface area contributed by atoms with Crippen molar-refractivity contribution in [3.05, 3.63) is 16.1 Å². The van der Waals surface area contributed by atoms with Gasteiger partial charge in [-0.1, -0.05) is 26.7 Å². The maximum atomic E-state index is 4.39. The molecule has 90 valence electrons. The number of thiazole rings is 1. The van der Waals surface area contributed by atoms with E-state index in [4.69, 9.17) is 0 Å². The molecule has 0 bridgehead atoms. The fourth-order valence-corrected chi connectivity index (χ4v) is 2.80. The zero-order valence-corrected chi connectivity index (χ0v) is 11.1. The van der Waals surface area contributed by atoms with Gasteiger partial charge in [0.1, 0.15) is 0 Å². The van der Waals surface area contributed by atoms with Gasteiger partial charge in [0.05, 0.1) is 5.01 Å². The Bertz CT molecular complexity index is 317. The molecule has 1 N–H and O–H groups in total. The molecule has 3 heteroatoms. The van der Waals surface area contributed by atoms with E-state index in [1.807, 2.05) is 17.5 Å². The highest BCUT2D eigenvalue weighted by Crippen LogP contribution is 2.34. The summed E-state index contributed by atoms with van der Waals surface area (Å²) in [6.07, 6.45) is 8.62. The van der Waals surface area contributed by atoms with E-state index < -0.39 is 0 Å².